The zero-order chi connectivity index (χ0) is 21.5. The van der Waals surface area contributed by atoms with Crippen LogP contribution in [0.4, 0.5) is 9.18 Å². The van der Waals surface area contributed by atoms with Crippen LogP contribution in [-0.4, -0.2) is 34.7 Å². The van der Waals surface area contributed by atoms with Crippen molar-refractivity contribution >= 4 is 17.2 Å². The molecule has 1 aliphatic heterocycles. The minimum atomic E-state index is -0.494. The minimum Gasteiger partial charge on any atom is -0.444 e. The van der Waals surface area contributed by atoms with E-state index in [0.29, 0.717) is 24.5 Å². The lowest BCUT2D eigenvalue weighted by molar-refractivity contribution is 0.0199. The predicted molar refractivity (Wildman–Crippen MR) is 114 cm³/mol. The summed E-state index contributed by atoms with van der Waals surface area (Å²) in [7, 11) is 0. The molecular formula is C24H27FN2O3. The lowest BCUT2D eigenvalue weighted by Gasteiger charge is -2.32. The number of aryl methyl sites for hydroxylation is 1. The molecule has 0 atom stereocenters. The van der Waals surface area contributed by atoms with Crippen molar-refractivity contribution in [3.8, 4) is 11.1 Å². The summed E-state index contributed by atoms with van der Waals surface area (Å²) in [4.78, 5) is 18.7. The molecule has 1 fully saturated rings. The van der Waals surface area contributed by atoms with Gasteiger partial charge in [0, 0.05) is 19.0 Å². The lowest BCUT2D eigenvalue weighted by Crippen LogP contribution is -2.41. The van der Waals surface area contributed by atoms with E-state index in [-0.39, 0.29) is 17.8 Å². The molecule has 0 bridgehead atoms. The number of likely N-dealkylation sites (tertiary alicyclic amines) is 1. The molecule has 1 amide bonds. The summed E-state index contributed by atoms with van der Waals surface area (Å²) in [5.74, 6) is 0.641. The summed E-state index contributed by atoms with van der Waals surface area (Å²) < 4.78 is 25.4. The molecule has 158 valence electrons. The summed E-state index contributed by atoms with van der Waals surface area (Å²) >= 11 is 0. The molecule has 0 saturated carbocycles. The maximum atomic E-state index is 13.9. The van der Waals surface area contributed by atoms with Crippen LogP contribution in [0.25, 0.3) is 22.2 Å². The van der Waals surface area contributed by atoms with Crippen molar-refractivity contribution in [2.24, 2.45) is 0 Å². The molecule has 0 unspecified atom stereocenters. The fourth-order valence-electron chi connectivity index (χ4n) is 3.71. The predicted octanol–water partition coefficient (Wildman–Crippen LogP) is 6.06. The number of benzene rings is 2. The van der Waals surface area contributed by atoms with Crippen LogP contribution in [0.2, 0.25) is 0 Å². The number of aromatic nitrogens is 1. The third-order valence-electron chi connectivity index (χ3n) is 5.41. The van der Waals surface area contributed by atoms with Crippen molar-refractivity contribution in [3.05, 3.63) is 53.7 Å². The topological polar surface area (TPSA) is 55.6 Å². The van der Waals surface area contributed by atoms with Gasteiger partial charge in [0.1, 0.15) is 16.9 Å². The Kier molecular flexibility index (Phi) is 5.26. The van der Waals surface area contributed by atoms with E-state index in [1.807, 2.05) is 45.0 Å². The Morgan fingerprint density at radius 3 is 2.47 bits per heavy atom. The van der Waals surface area contributed by atoms with Crippen LogP contribution in [0.3, 0.4) is 0 Å². The average Bonchev–Trinajstić information content (AvgIpc) is 3.12. The van der Waals surface area contributed by atoms with E-state index in [1.54, 1.807) is 24.0 Å². The number of rotatable bonds is 2. The second-order valence-electron chi connectivity index (χ2n) is 8.94. The molecule has 0 spiro atoms. The number of nitrogens with zero attached hydrogens (tertiary/aromatic N) is 2. The SMILES string of the molecule is Cc1ccc(-c2ccc3oc(C4CCN(C(=O)OC(C)(C)C)CC4)nc3c2)cc1F. The van der Waals surface area contributed by atoms with Crippen LogP contribution in [0, 0.1) is 12.7 Å². The van der Waals surface area contributed by atoms with Gasteiger partial charge in [0.25, 0.3) is 0 Å². The number of piperidine rings is 1. The molecule has 0 aliphatic carbocycles. The van der Waals surface area contributed by atoms with E-state index in [0.717, 1.165) is 35.1 Å². The van der Waals surface area contributed by atoms with Gasteiger partial charge in [0.2, 0.25) is 0 Å². The normalized spacial score (nSPS) is 15.6. The molecule has 5 nitrogen and oxygen atoms in total. The van der Waals surface area contributed by atoms with Crippen LogP contribution in [0.5, 0.6) is 0 Å². The van der Waals surface area contributed by atoms with E-state index in [4.69, 9.17) is 14.1 Å². The van der Waals surface area contributed by atoms with E-state index < -0.39 is 5.60 Å². The molecule has 6 heteroatoms. The highest BCUT2D eigenvalue weighted by molar-refractivity contribution is 5.80. The first-order valence-electron chi connectivity index (χ1n) is 10.3. The van der Waals surface area contributed by atoms with Crippen LogP contribution in [-0.2, 0) is 4.74 Å². The second-order valence-corrected chi connectivity index (χ2v) is 8.94. The van der Waals surface area contributed by atoms with Gasteiger partial charge in [-0.1, -0.05) is 18.2 Å². The molecule has 1 saturated heterocycles. The molecule has 3 aromatic rings. The molecule has 1 aromatic heterocycles. The van der Waals surface area contributed by atoms with E-state index >= 15 is 0 Å². The second kappa shape index (κ2) is 7.74. The van der Waals surface area contributed by atoms with E-state index in [1.165, 1.54) is 0 Å². The molecule has 2 heterocycles. The van der Waals surface area contributed by atoms with Gasteiger partial charge in [-0.2, -0.15) is 0 Å². The zero-order valence-corrected chi connectivity index (χ0v) is 17.9. The van der Waals surface area contributed by atoms with Crippen molar-refractivity contribution < 1.29 is 18.3 Å². The van der Waals surface area contributed by atoms with Crippen molar-refractivity contribution in [1.82, 2.24) is 9.88 Å². The summed E-state index contributed by atoms with van der Waals surface area (Å²) in [5, 5.41) is 0. The number of hydrogen-bond donors (Lipinski definition) is 0. The monoisotopic (exact) mass is 410 g/mol. The van der Waals surface area contributed by atoms with Crippen molar-refractivity contribution in [2.45, 2.75) is 52.1 Å². The number of hydrogen-bond acceptors (Lipinski definition) is 4. The van der Waals surface area contributed by atoms with Gasteiger partial charge < -0.3 is 14.1 Å². The van der Waals surface area contributed by atoms with E-state index in [2.05, 4.69) is 0 Å². The highest BCUT2D eigenvalue weighted by Gasteiger charge is 2.29. The molecular weight excluding hydrogens is 383 g/mol. The maximum absolute atomic E-state index is 13.9. The molecule has 1 aliphatic rings. The standard InChI is InChI=1S/C24H27FN2O3/c1-15-5-6-17(13-19(15)25)18-7-8-21-20(14-18)26-22(29-21)16-9-11-27(12-10-16)23(28)30-24(2,3)4/h5-8,13-14,16H,9-12H2,1-4H3. The number of carbonyl (C=O) groups excluding carboxylic acids is 1. The van der Waals surface area contributed by atoms with Gasteiger partial charge in [0.15, 0.2) is 11.5 Å². The van der Waals surface area contributed by atoms with Gasteiger partial charge in [-0.05, 0) is 75.4 Å². The quantitative estimate of drug-likeness (QED) is 0.515. The largest absolute Gasteiger partial charge is 0.444 e. The summed E-state index contributed by atoms with van der Waals surface area (Å²) in [5.41, 5.74) is 3.33. The molecule has 4 rings (SSSR count). The minimum absolute atomic E-state index is 0.163. The van der Waals surface area contributed by atoms with Crippen molar-refractivity contribution in [2.75, 3.05) is 13.1 Å². The Bertz CT molecular complexity index is 1080. The van der Waals surface area contributed by atoms with Gasteiger partial charge in [0.05, 0.1) is 0 Å². The number of halogens is 1. The zero-order valence-electron chi connectivity index (χ0n) is 17.9. The Morgan fingerprint density at radius 1 is 1.13 bits per heavy atom. The van der Waals surface area contributed by atoms with Crippen LogP contribution in [0.15, 0.2) is 40.8 Å². The number of oxazole rings is 1. The van der Waals surface area contributed by atoms with Crippen LogP contribution >= 0.6 is 0 Å². The highest BCUT2D eigenvalue weighted by Crippen LogP contribution is 2.32. The fraction of sp³-hybridized carbons (Fsp3) is 0.417. The Labute approximate surface area is 175 Å². The van der Waals surface area contributed by atoms with Gasteiger partial charge in [-0.15, -0.1) is 0 Å². The van der Waals surface area contributed by atoms with Crippen LogP contribution < -0.4 is 0 Å². The number of carbonyl (C=O) groups is 1. The van der Waals surface area contributed by atoms with Gasteiger partial charge >= 0.3 is 6.09 Å². The number of fused-ring (bicyclic) bond motifs is 1. The third-order valence-corrected chi connectivity index (χ3v) is 5.41. The average molecular weight is 410 g/mol. The summed E-state index contributed by atoms with van der Waals surface area (Å²) in [6.45, 7) is 8.60. The third kappa shape index (κ3) is 4.32. The molecule has 2 aromatic carbocycles. The highest BCUT2D eigenvalue weighted by atomic mass is 19.1. The number of ether oxygens (including phenoxy) is 1. The molecule has 30 heavy (non-hydrogen) atoms. The van der Waals surface area contributed by atoms with Crippen molar-refractivity contribution in [3.63, 3.8) is 0 Å². The van der Waals surface area contributed by atoms with E-state index in [9.17, 15) is 9.18 Å². The Morgan fingerprint density at radius 2 is 1.80 bits per heavy atom. The van der Waals surface area contributed by atoms with Gasteiger partial charge in [-0.3, -0.25) is 0 Å². The van der Waals surface area contributed by atoms with Crippen LogP contribution in [0.1, 0.15) is 51.0 Å². The molecule has 0 N–H and O–H groups in total. The summed E-state index contributed by atoms with van der Waals surface area (Å²) in [6, 6.07) is 11.0. The maximum Gasteiger partial charge on any atom is 0.410 e. The Hall–Kier alpha value is -2.89. The lowest BCUT2D eigenvalue weighted by atomic mass is 9.97. The smallest absolute Gasteiger partial charge is 0.410 e. The number of amides is 1. The van der Waals surface area contributed by atoms with Gasteiger partial charge in [-0.25, -0.2) is 14.2 Å². The molecule has 0 radical (unpaired) electrons. The first-order chi connectivity index (χ1) is 14.2. The first kappa shape index (κ1) is 20.4. The fourth-order valence-corrected chi connectivity index (χ4v) is 3.71. The van der Waals surface area contributed by atoms with Crippen molar-refractivity contribution in [1.29, 1.82) is 0 Å². The summed E-state index contributed by atoms with van der Waals surface area (Å²) in [6.07, 6.45) is 1.29. The first-order valence-corrected chi connectivity index (χ1v) is 10.3. The Balaban J connectivity index is 1.48.